The molecule has 0 saturated carbocycles. The topological polar surface area (TPSA) is 64.7 Å². The first kappa shape index (κ1) is 17.0. The smallest absolute Gasteiger partial charge is 0.139 e. The van der Waals surface area contributed by atoms with Crippen LogP contribution >= 0.6 is 0 Å². The van der Waals surface area contributed by atoms with E-state index in [1.54, 1.807) is 7.11 Å². The van der Waals surface area contributed by atoms with Crippen molar-refractivity contribution in [2.24, 2.45) is 5.73 Å². The van der Waals surface area contributed by atoms with Crippen LogP contribution < -0.4 is 10.5 Å². The largest absolute Gasteiger partial charge is 0.486 e. The SMILES string of the molecule is COCC(N)C(CO)Oc1ccc(C(C)(C)C)cc1C. The molecule has 0 aromatic heterocycles. The first-order chi connectivity index (χ1) is 9.29. The molecule has 0 aliphatic heterocycles. The van der Waals surface area contributed by atoms with Gasteiger partial charge in [0.25, 0.3) is 0 Å². The molecule has 0 spiro atoms. The van der Waals surface area contributed by atoms with Crippen molar-refractivity contribution < 1.29 is 14.6 Å². The molecule has 0 heterocycles. The van der Waals surface area contributed by atoms with Gasteiger partial charge < -0.3 is 20.3 Å². The lowest BCUT2D eigenvalue weighted by Gasteiger charge is -2.25. The Morgan fingerprint density at radius 3 is 2.40 bits per heavy atom. The number of nitrogens with two attached hydrogens (primary N) is 1. The van der Waals surface area contributed by atoms with E-state index >= 15 is 0 Å². The van der Waals surface area contributed by atoms with Crippen molar-refractivity contribution in [3.63, 3.8) is 0 Å². The Balaban J connectivity index is 2.87. The zero-order valence-corrected chi connectivity index (χ0v) is 13.1. The highest BCUT2D eigenvalue weighted by Gasteiger charge is 2.20. The molecule has 1 rings (SSSR count). The minimum absolute atomic E-state index is 0.103. The Labute approximate surface area is 121 Å². The quantitative estimate of drug-likeness (QED) is 0.837. The number of ether oxygens (including phenoxy) is 2. The number of rotatable bonds is 6. The molecule has 20 heavy (non-hydrogen) atoms. The summed E-state index contributed by atoms with van der Waals surface area (Å²) in [4.78, 5) is 0. The van der Waals surface area contributed by atoms with E-state index < -0.39 is 6.10 Å². The first-order valence-corrected chi connectivity index (χ1v) is 6.92. The fourth-order valence-corrected chi connectivity index (χ4v) is 1.97. The highest BCUT2D eigenvalue weighted by molar-refractivity contribution is 5.39. The van der Waals surface area contributed by atoms with Crippen LogP contribution in [0.4, 0.5) is 0 Å². The van der Waals surface area contributed by atoms with Gasteiger partial charge in [0.1, 0.15) is 11.9 Å². The van der Waals surface area contributed by atoms with Crippen LogP contribution in [-0.4, -0.2) is 37.6 Å². The van der Waals surface area contributed by atoms with E-state index in [4.69, 9.17) is 15.2 Å². The Hall–Kier alpha value is -1.10. The average molecular weight is 281 g/mol. The predicted molar refractivity (Wildman–Crippen MR) is 81.2 cm³/mol. The van der Waals surface area contributed by atoms with Crippen molar-refractivity contribution in [2.75, 3.05) is 20.3 Å². The van der Waals surface area contributed by atoms with E-state index in [1.165, 1.54) is 5.56 Å². The molecule has 0 bridgehead atoms. The number of methoxy groups -OCH3 is 1. The number of hydrogen-bond donors (Lipinski definition) is 2. The first-order valence-electron chi connectivity index (χ1n) is 6.92. The maximum Gasteiger partial charge on any atom is 0.139 e. The summed E-state index contributed by atoms with van der Waals surface area (Å²) in [5, 5.41) is 9.40. The number of benzene rings is 1. The number of hydrogen-bond acceptors (Lipinski definition) is 4. The zero-order valence-electron chi connectivity index (χ0n) is 13.1. The van der Waals surface area contributed by atoms with E-state index in [2.05, 4.69) is 32.9 Å². The Kier molecular flexibility index (Phi) is 5.99. The van der Waals surface area contributed by atoms with Gasteiger partial charge in [-0.15, -0.1) is 0 Å². The van der Waals surface area contributed by atoms with Gasteiger partial charge in [-0.25, -0.2) is 0 Å². The Morgan fingerprint density at radius 2 is 1.95 bits per heavy atom. The highest BCUT2D eigenvalue weighted by Crippen LogP contribution is 2.28. The summed E-state index contributed by atoms with van der Waals surface area (Å²) in [5.74, 6) is 0.753. The summed E-state index contributed by atoms with van der Waals surface area (Å²) in [6.45, 7) is 8.74. The standard InChI is InChI=1S/C16H27NO3/c1-11-8-12(16(2,3)4)6-7-14(11)20-15(9-18)13(17)10-19-5/h6-8,13,15,18H,9-10,17H2,1-5H3. The molecule has 3 N–H and O–H groups in total. The number of aryl methyl sites for hydroxylation is 1. The van der Waals surface area contributed by atoms with E-state index in [9.17, 15) is 5.11 Å². The van der Waals surface area contributed by atoms with Gasteiger partial charge >= 0.3 is 0 Å². The second-order valence-corrected chi connectivity index (χ2v) is 6.19. The lowest BCUT2D eigenvalue weighted by atomic mass is 9.86. The maximum absolute atomic E-state index is 9.40. The van der Waals surface area contributed by atoms with Crippen LogP contribution in [0.2, 0.25) is 0 Å². The van der Waals surface area contributed by atoms with Crippen molar-refractivity contribution in [3.8, 4) is 5.75 Å². The maximum atomic E-state index is 9.40. The van der Waals surface area contributed by atoms with Crippen LogP contribution in [0.1, 0.15) is 31.9 Å². The number of aliphatic hydroxyl groups is 1. The third kappa shape index (κ3) is 4.47. The summed E-state index contributed by atoms with van der Waals surface area (Å²) in [5.41, 5.74) is 8.33. The van der Waals surface area contributed by atoms with E-state index in [1.807, 2.05) is 13.0 Å². The average Bonchev–Trinajstić information content (AvgIpc) is 2.36. The van der Waals surface area contributed by atoms with Gasteiger partial charge in [0, 0.05) is 7.11 Å². The van der Waals surface area contributed by atoms with E-state index in [0.717, 1.165) is 11.3 Å². The summed E-state index contributed by atoms with van der Waals surface area (Å²) < 4.78 is 10.8. The van der Waals surface area contributed by atoms with Crippen LogP contribution in [-0.2, 0) is 10.2 Å². The molecule has 0 aliphatic rings. The van der Waals surface area contributed by atoms with E-state index in [0.29, 0.717) is 6.61 Å². The molecule has 2 atom stereocenters. The highest BCUT2D eigenvalue weighted by atomic mass is 16.5. The number of aliphatic hydroxyl groups excluding tert-OH is 1. The molecule has 0 fully saturated rings. The predicted octanol–water partition coefficient (Wildman–Crippen LogP) is 2.01. The Bertz CT molecular complexity index is 426. The molecule has 0 aliphatic carbocycles. The second kappa shape index (κ2) is 7.07. The van der Waals surface area contributed by atoms with Crippen LogP contribution in [0.5, 0.6) is 5.75 Å². The van der Waals surface area contributed by atoms with Crippen molar-refractivity contribution in [3.05, 3.63) is 29.3 Å². The molecule has 0 saturated heterocycles. The monoisotopic (exact) mass is 281 g/mol. The molecule has 4 nitrogen and oxygen atoms in total. The molecular formula is C16H27NO3. The normalized spacial score (nSPS) is 14.9. The van der Waals surface area contributed by atoms with Gasteiger partial charge in [-0.05, 0) is 29.5 Å². The minimum Gasteiger partial charge on any atom is -0.486 e. The molecule has 0 amide bonds. The zero-order chi connectivity index (χ0) is 15.3. The van der Waals surface area contributed by atoms with Crippen LogP contribution in [0.3, 0.4) is 0 Å². The van der Waals surface area contributed by atoms with Gasteiger partial charge in [-0.1, -0.05) is 32.9 Å². The summed E-state index contributed by atoms with van der Waals surface area (Å²) in [7, 11) is 1.58. The molecule has 2 unspecified atom stereocenters. The van der Waals surface area contributed by atoms with Crippen molar-refractivity contribution >= 4 is 0 Å². The van der Waals surface area contributed by atoms with Crippen LogP contribution in [0.25, 0.3) is 0 Å². The molecule has 1 aromatic rings. The van der Waals surface area contributed by atoms with Crippen LogP contribution in [0, 0.1) is 6.92 Å². The van der Waals surface area contributed by atoms with Crippen molar-refractivity contribution in [1.29, 1.82) is 0 Å². The summed E-state index contributed by atoms with van der Waals surface area (Å²) in [6.07, 6.45) is -0.464. The van der Waals surface area contributed by atoms with Crippen LogP contribution in [0.15, 0.2) is 18.2 Å². The van der Waals surface area contributed by atoms with Gasteiger partial charge in [0.2, 0.25) is 0 Å². The van der Waals surface area contributed by atoms with Gasteiger partial charge in [-0.2, -0.15) is 0 Å². The summed E-state index contributed by atoms with van der Waals surface area (Å²) >= 11 is 0. The molecule has 0 radical (unpaired) electrons. The van der Waals surface area contributed by atoms with Crippen molar-refractivity contribution in [1.82, 2.24) is 0 Å². The third-order valence-electron chi connectivity index (χ3n) is 3.34. The van der Waals surface area contributed by atoms with Gasteiger partial charge in [0.05, 0.1) is 19.3 Å². The lowest BCUT2D eigenvalue weighted by molar-refractivity contribution is 0.0600. The third-order valence-corrected chi connectivity index (χ3v) is 3.34. The Morgan fingerprint density at radius 1 is 1.30 bits per heavy atom. The minimum atomic E-state index is -0.464. The fourth-order valence-electron chi connectivity index (χ4n) is 1.97. The molecule has 4 heteroatoms. The van der Waals surface area contributed by atoms with Gasteiger partial charge in [0.15, 0.2) is 0 Å². The molecular weight excluding hydrogens is 254 g/mol. The van der Waals surface area contributed by atoms with Crippen molar-refractivity contribution in [2.45, 2.75) is 45.3 Å². The fraction of sp³-hybridized carbons (Fsp3) is 0.625. The molecule has 114 valence electrons. The van der Waals surface area contributed by atoms with E-state index in [-0.39, 0.29) is 18.1 Å². The van der Waals surface area contributed by atoms with Gasteiger partial charge in [-0.3, -0.25) is 0 Å². The second-order valence-electron chi connectivity index (χ2n) is 6.19. The summed E-state index contributed by atoms with van der Waals surface area (Å²) in [6, 6.07) is 5.76. The lowest BCUT2D eigenvalue weighted by Crippen LogP contribution is -2.44. The molecule has 1 aromatic carbocycles.